The summed E-state index contributed by atoms with van der Waals surface area (Å²) in [5.41, 5.74) is 1.56. The standard InChI is InChI=1S/C21H27N5O3/c1-2-29-21(28)26-13-11-25(12-14-26)19-16-23-18(15-24-19)20(27)22-10-6-9-17-7-4-3-5-8-17/h3-5,7-8,15-16H,2,6,9-14H2,1H3,(H,22,27). The van der Waals surface area contributed by atoms with E-state index >= 15 is 0 Å². The molecule has 8 nitrogen and oxygen atoms in total. The maximum Gasteiger partial charge on any atom is 0.409 e. The highest BCUT2D eigenvalue weighted by molar-refractivity contribution is 5.91. The molecule has 1 fully saturated rings. The average molecular weight is 397 g/mol. The Labute approximate surface area is 170 Å². The zero-order valence-corrected chi connectivity index (χ0v) is 16.7. The van der Waals surface area contributed by atoms with Crippen LogP contribution in [-0.2, 0) is 11.2 Å². The molecule has 2 amide bonds. The van der Waals surface area contributed by atoms with E-state index in [1.54, 1.807) is 18.0 Å². The Balaban J connectivity index is 1.42. The van der Waals surface area contributed by atoms with Crippen LogP contribution in [0.25, 0.3) is 0 Å². The second-order valence-corrected chi connectivity index (χ2v) is 6.78. The fourth-order valence-corrected chi connectivity index (χ4v) is 3.16. The normalized spacial score (nSPS) is 13.8. The van der Waals surface area contributed by atoms with E-state index in [0.717, 1.165) is 12.8 Å². The second-order valence-electron chi connectivity index (χ2n) is 6.78. The van der Waals surface area contributed by atoms with Gasteiger partial charge in [0.15, 0.2) is 0 Å². The predicted molar refractivity (Wildman–Crippen MR) is 110 cm³/mol. The quantitative estimate of drug-likeness (QED) is 0.720. The Morgan fingerprint density at radius 2 is 1.83 bits per heavy atom. The van der Waals surface area contributed by atoms with Gasteiger partial charge in [0, 0.05) is 32.7 Å². The molecule has 0 atom stereocenters. The van der Waals surface area contributed by atoms with E-state index in [9.17, 15) is 9.59 Å². The largest absolute Gasteiger partial charge is 0.450 e. The highest BCUT2D eigenvalue weighted by Gasteiger charge is 2.23. The minimum Gasteiger partial charge on any atom is -0.450 e. The molecule has 154 valence electrons. The van der Waals surface area contributed by atoms with Gasteiger partial charge >= 0.3 is 6.09 Å². The number of aromatic nitrogens is 2. The van der Waals surface area contributed by atoms with Crippen LogP contribution in [0.1, 0.15) is 29.4 Å². The smallest absolute Gasteiger partial charge is 0.409 e. The topological polar surface area (TPSA) is 87.7 Å². The molecule has 1 aromatic heterocycles. The Morgan fingerprint density at radius 1 is 1.07 bits per heavy atom. The first-order chi connectivity index (χ1) is 14.2. The first-order valence-electron chi connectivity index (χ1n) is 9.98. The molecule has 1 saturated heterocycles. The van der Waals surface area contributed by atoms with Gasteiger partial charge in [0.25, 0.3) is 5.91 Å². The number of rotatable bonds is 7. The van der Waals surface area contributed by atoms with Crippen molar-refractivity contribution in [1.29, 1.82) is 0 Å². The number of benzene rings is 1. The minimum atomic E-state index is -0.280. The number of carbonyl (C=O) groups is 2. The molecule has 0 saturated carbocycles. The zero-order chi connectivity index (χ0) is 20.5. The second kappa shape index (κ2) is 10.4. The summed E-state index contributed by atoms with van der Waals surface area (Å²) in [4.78, 5) is 36.4. The molecule has 0 radical (unpaired) electrons. The van der Waals surface area contributed by atoms with E-state index in [0.29, 0.717) is 50.8 Å². The van der Waals surface area contributed by atoms with Gasteiger partial charge < -0.3 is 19.9 Å². The van der Waals surface area contributed by atoms with Crippen molar-refractivity contribution in [2.45, 2.75) is 19.8 Å². The van der Waals surface area contributed by atoms with Crippen LogP contribution in [0, 0.1) is 0 Å². The van der Waals surface area contributed by atoms with Crippen LogP contribution in [0.4, 0.5) is 10.6 Å². The fraction of sp³-hybridized carbons (Fsp3) is 0.429. The van der Waals surface area contributed by atoms with Crippen LogP contribution < -0.4 is 10.2 Å². The molecule has 3 rings (SSSR count). The number of nitrogens with one attached hydrogen (secondary N) is 1. The van der Waals surface area contributed by atoms with Crippen LogP contribution in [0.2, 0.25) is 0 Å². The van der Waals surface area contributed by atoms with Crippen molar-refractivity contribution in [2.75, 3.05) is 44.2 Å². The number of aryl methyl sites for hydroxylation is 1. The summed E-state index contributed by atoms with van der Waals surface area (Å²) >= 11 is 0. The molecule has 1 aromatic carbocycles. The number of amides is 2. The summed E-state index contributed by atoms with van der Waals surface area (Å²) in [6, 6.07) is 10.2. The molecular formula is C21H27N5O3. The van der Waals surface area contributed by atoms with Gasteiger partial charge in [0.1, 0.15) is 11.5 Å². The summed E-state index contributed by atoms with van der Waals surface area (Å²) in [6.45, 7) is 5.21. The molecule has 1 aliphatic heterocycles. The molecule has 8 heteroatoms. The van der Waals surface area contributed by atoms with Gasteiger partial charge in [-0.1, -0.05) is 30.3 Å². The molecule has 29 heavy (non-hydrogen) atoms. The average Bonchev–Trinajstić information content (AvgIpc) is 2.78. The van der Waals surface area contributed by atoms with Crippen molar-refractivity contribution < 1.29 is 14.3 Å². The number of hydrogen-bond donors (Lipinski definition) is 1. The number of carbonyl (C=O) groups excluding carboxylic acids is 2. The van der Waals surface area contributed by atoms with Gasteiger partial charge in [-0.3, -0.25) is 4.79 Å². The molecular weight excluding hydrogens is 370 g/mol. The molecule has 2 aromatic rings. The SMILES string of the molecule is CCOC(=O)N1CCN(c2cnc(C(=O)NCCCc3ccccc3)cn2)CC1. The number of piperazine rings is 1. The lowest BCUT2D eigenvalue weighted by Crippen LogP contribution is -2.49. The Hall–Kier alpha value is -3.16. The first kappa shape index (κ1) is 20.6. The lowest BCUT2D eigenvalue weighted by Gasteiger charge is -2.34. The van der Waals surface area contributed by atoms with E-state index in [1.165, 1.54) is 11.8 Å². The highest BCUT2D eigenvalue weighted by Crippen LogP contribution is 2.13. The third-order valence-electron chi connectivity index (χ3n) is 4.77. The third-order valence-corrected chi connectivity index (χ3v) is 4.77. The molecule has 1 aliphatic rings. The van der Waals surface area contributed by atoms with Crippen LogP contribution in [0.5, 0.6) is 0 Å². The highest BCUT2D eigenvalue weighted by atomic mass is 16.6. The lowest BCUT2D eigenvalue weighted by molar-refractivity contribution is 0.0947. The molecule has 1 N–H and O–H groups in total. The van der Waals surface area contributed by atoms with E-state index in [-0.39, 0.29) is 12.0 Å². The molecule has 0 bridgehead atoms. The van der Waals surface area contributed by atoms with Gasteiger partial charge in [-0.15, -0.1) is 0 Å². The van der Waals surface area contributed by atoms with Crippen LogP contribution >= 0.6 is 0 Å². The minimum absolute atomic E-state index is 0.218. The Bertz CT molecular complexity index is 790. The van der Waals surface area contributed by atoms with E-state index < -0.39 is 0 Å². The van der Waals surface area contributed by atoms with Gasteiger partial charge in [-0.25, -0.2) is 14.8 Å². The van der Waals surface area contributed by atoms with E-state index in [4.69, 9.17) is 4.74 Å². The number of nitrogens with zero attached hydrogens (tertiary/aromatic N) is 4. The summed E-state index contributed by atoms with van der Waals surface area (Å²) < 4.78 is 5.03. The number of anilines is 1. The van der Waals surface area contributed by atoms with Crippen molar-refractivity contribution in [3.05, 3.63) is 54.0 Å². The van der Waals surface area contributed by atoms with Crippen molar-refractivity contribution in [3.8, 4) is 0 Å². The Morgan fingerprint density at radius 3 is 2.48 bits per heavy atom. The summed E-state index contributed by atoms with van der Waals surface area (Å²) in [5, 5.41) is 2.89. The molecule has 2 heterocycles. The van der Waals surface area contributed by atoms with Crippen LogP contribution in [-0.4, -0.2) is 66.2 Å². The van der Waals surface area contributed by atoms with Crippen molar-refractivity contribution in [3.63, 3.8) is 0 Å². The fourth-order valence-electron chi connectivity index (χ4n) is 3.16. The molecule has 0 aliphatic carbocycles. The predicted octanol–water partition coefficient (Wildman–Crippen LogP) is 2.12. The first-order valence-corrected chi connectivity index (χ1v) is 9.98. The number of ether oxygens (including phenoxy) is 1. The van der Waals surface area contributed by atoms with Crippen molar-refractivity contribution in [1.82, 2.24) is 20.2 Å². The van der Waals surface area contributed by atoms with Crippen LogP contribution in [0.3, 0.4) is 0 Å². The van der Waals surface area contributed by atoms with Gasteiger partial charge in [-0.2, -0.15) is 0 Å². The lowest BCUT2D eigenvalue weighted by atomic mass is 10.1. The summed E-state index contributed by atoms with van der Waals surface area (Å²) in [5.74, 6) is 0.485. The van der Waals surface area contributed by atoms with Crippen LogP contribution in [0.15, 0.2) is 42.7 Å². The van der Waals surface area contributed by atoms with Gasteiger partial charge in [0.05, 0.1) is 19.0 Å². The summed E-state index contributed by atoms with van der Waals surface area (Å²) in [6.07, 6.45) is 4.62. The maximum absolute atomic E-state index is 12.2. The van der Waals surface area contributed by atoms with Crippen molar-refractivity contribution >= 4 is 17.8 Å². The van der Waals surface area contributed by atoms with Gasteiger partial charge in [-0.05, 0) is 25.3 Å². The van der Waals surface area contributed by atoms with Gasteiger partial charge in [0.2, 0.25) is 0 Å². The monoisotopic (exact) mass is 397 g/mol. The number of hydrogen-bond acceptors (Lipinski definition) is 6. The third kappa shape index (κ3) is 5.91. The zero-order valence-electron chi connectivity index (χ0n) is 16.7. The van der Waals surface area contributed by atoms with E-state index in [1.807, 2.05) is 23.1 Å². The molecule has 0 unspecified atom stereocenters. The van der Waals surface area contributed by atoms with E-state index in [2.05, 4.69) is 27.4 Å². The van der Waals surface area contributed by atoms with Crippen molar-refractivity contribution in [2.24, 2.45) is 0 Å². The Kier molecular flexibility index (Phi) is 7.38. The molecule has 0 spiro atoms. The summed E-state index contributed by atoms with van der Waals surface area (Å²) in [7, 11) is 0. The maximum atomic E-state index is 12.2.